The molecule has 0 spiro atoms. The standard InChI is InChI=1S/C14H14ClFN2O2S/c1-2-9-3-5-11(8-13(9)17)21(19,20)18-14-6-4-10(15)7-12(14)16/h3-8,18H,2,17H2,1H3. The first-order valence-corrected chi connectivity index (χ1v) is 8.06. The van der Waals surface area contributed by atoms with Crippen LogP contribution in [-0.4, -0.2) is 8.42 Å². The van der Waals surface area contributed by atoms with Crippen molar-refractivity contribution >= 4 is 33.0 Å². The molecule has 0 aliphatic carbocycles. The van der Waals surface area contributed by atoms with Crippen LogP contribution in [0, 0.1) is 5.82 Å². The van der Waals surface area contributed by atoms with E-state index in [-0.39, 0.29) is 15.6 Å². The summed E-state index contributed by atoms with van der Waals surface area (Å²) in [6, 6.07) is 8.13. The van der Waals surface area contributed by atoms with Crippen molar-refractivity contribution in [2.24, 2.45) is 0 Å². The lowest BCUT2D eigenvalue weighted by molar-refractivity contribution is 0.598. The fourth-order valence-electron chi connectivity index (χ4n) is 1.84. The molecule has 0 bridgehead atoms. The molecule has 7 heteroatoms. The van der Waals surface area contributed by atoms with E-state index < -0.39 is 15.8 Å². The lowest BCUT2D eigenvalue weighted by atomic mass is 10.1. The number of halogens is 2. The van der Waals surface area contributed by atoms with Crippen molar-refractivity contribution in [2.45, 2.75) is 18.2 Å². The largest absolute Gasteiger partial charge is 0.398 e. The average molecular weight is 329 g/mol. The third-order valence-electron chi connectivity index (χ3n) is 2.98. The third-order valence-corrected chi connectivity index (χ3v) is 4.58. The van der Waals surface area contributed by atoms with Crippen LogP contribution in [0.1, 0.15) is 12.5 Å². The Morgan fingerprint density at radius 2 is 1.95 bits per heavy atom. The summed E-state index contributed by atoms with van der Waals surface area (Å²) in [7, 11) is -3.91. The SMILES string of the molecule is CCc1ccc(S(=O)(=O)Nc2ccc(Cl)cc2F)cc1N. The number of hydrogen-bond donors (Lipinski definition) is 2. The van der Waals surface area contributed by atoms with E-state index in [1.807, 2.05) is 6.92 Å². The summed E-state index contributed by atoms with van der Waals surface area (Å²) in [6.45, 7) is 1.92. The minimum absolute atomic E-state index is 0.0217. The van der Waals surface area contributed by atoms with Gasteiger partial charge in [0.1, 0.15) is 5.82 Å². The highest BCUT2D eigenvalue weighted by molar-refractivity contribution is 7.92. The van der Waals surface area contributed by atoms with E-state index in [9.17, 15) is 12.8 Å². The maximum atomic E-state index is 13.7. The van der Waals surface area contributed by atoms with E-state index in [1.54, 1.807) is 6.07 Å². The summed E-state index contributed by atoms with van der Waals surface area (Å²) in [5.74, 6) is -0.746. The highest BCUT2D eigenvalue weighted by atomic mass is 35.5. The van der Waals surface area contributed by atoms with Crippen molar-refractivity contribution in [3.63, 3.8) is 0 Å². The van der Waals surface area contributed by atoms with Gasteiger partial charge in [0, 0.05) is 10.7 Å². The van der Waals surface area contributed by atoms with Crippen molar-refractivity contribution in [1.29, 1.82) is 0 Å². The number of rotatable bonds is 4. The Morgan fingerprint density at radius 3 is 2.52 bits per heavy atom. The summed E-state index contributed by atoms with van der Waals surface area (Å²) in [5, 5.41) is 0.187. The molecule has 0 aliphatic rings. The maximum absolute atomic E-state index is 13.7. The zero-order valence-electron chi connectivity index (χ0n) is 11.2. The molecule has 0 aliphatic heterocycles. The second-order valence-corrected chi connectivity index (χ2v) is 6.56. The predicted octanol–water partition coefficient (Wildman–Crippen LogP) is 3.42. The molecule has 2 rings (SSSR count). The van der Waals surface area contributed by atoms with Gasteiger partial charge in [0.15, 0.2) is 0 Å². The van der Waals surface area contributed by atoms with Gasteiger partial charge in [-0.05, 0) is 42.3 Å². The van der Waals surface area contributed by atoms with Gasteiger partial charge in [-0.2, -0.15) is 0 Å². The van der Waals surface area contributed by atoms with Gasteiger partial charge in [0.05, 0.1) is 10.6 Å². The zero-order chi connectivity index (χ0) is 15.6. The van der Waals surface area contributed by atoms with Crippen molar-refractivity contribution < 1.29 is 12.8 Å². The Morgan fingerprint density at radius 1 is 1.24 bits per heavy atom. The summed E-state index contributed by atoms with van der Waals surface area (Å²) >= 11 is 5.63. The Balaban J connectivity index is 2.36. The number of anilines is 2. The van der Waals surface area contributed by atoms with E-state index in [0.29, 0.717) is 12.1 Å². The first kappa shape index (κ1) is 15.6. The Labute approximate surface area is 127 Å². The van der Waals surface area contributed by atoms with Crippen LogP contribution in [-0.2, 0) is 16.4 Å². The van der Waals surface area contributed by atoms with Crippen molar-refractivity contribution in [3.8, 4) is 0 Å². The predicted molar refractivity (Wildman–Crippen MR) is 82.5 cm³/mol. The molecule has 0 heterocycles. The molecule has 2 aromatic carbocycles. The van der Waals surface area contributed by atoms with Gasteiger partial charge in [-0.15, -0.1) is 0 Å². The van der Waals surface area contributed by atoms with Crippen LogP contribution in [0.2, 0.25) is 5.02 Å². The highest BCUT2D eigenvalue weighted by Gasteiger charge is 2.17. The molecule has 0 fully saturated rings. The zero-order valence-corrected chi connectivity index (χ0v) is 12.8. The summed E-state index contributed by atoms with van der Waals surface area (Å²) < 4.78 is 40.3. The van der Waals surface area contributed by atoms with Gasteiger partial charge in [0.25, 0.3) is 10.0 Å². The number of nitrogens with two attached hydrogens (primary N) is 1. The second kappa shape index (κ2) is 5.91. The molecule has 21 heavy (non-hydrogen) atoms. The fraction of sp³-hybridized carbons (Fsp3) is 0.143. The average Bonchev–Trinajstić information content (AvgIpc) is 2.42. The molecule has 0 unspecified atom stereocenters. The van der Waals surface area contributed by atoms with Gasteiger partial charge in [-0.25, -0.2) is 12.8 Å². The van der Waals surface area contributed by atoms with E-state index >= 15 is 0 Å². The Bertz CT molecular complexity index is 779. The smallest absolute Gasteiger partial charge is 0.262 e. The highest BCUT2D eigenvalue weighted by Crippen LogP contribution is 2.24. The van der Waals surface area contributed by atoms with E-state index in [4.69, 9.17) is 17.3 Å². The molecule has 0 saturated carbocycles. The number of nitrogen functional groups attached to an aromatic ring is 1. The molecular weight excluding hydrogens is 315 g/mol. The van der Waals surface area contributed by atoms with Crippen LogP contribution in [0.15, 0.2) is 41.3 Å². The summed E-state index contributed by atoms with van der Waals surface area (Å²) in [4.78, 5) is -0.0217. The van der Waals surface area contributed by atoms with E-state index in [2.05, 4.69) is 4.72 Å². The molecule has 0 aromatic heterocycles. The number of nitrogens with one attached hydrogen (secondary N) is 1. The lowest BCUT2D eigenvalue weighted by Gasteiger charge is -2.11. The number of sulfonamides is 1. The van der Waals surface area contributed by atoms with E-state index in [0.717, 1.165) is 11.6 Å². The molecule has 112 valence electrons. The molecular formula is C14H14ClFN2O2S. The first-order valence-electron chi connectivity index (χ1n) is 6.19. The minimum Gasteiger partial charge on any atom is -0.398 e. The topological polar surface area (TPSA) is 72.2 Å². The molecule has 3 N–H and O–H groups in total. The van der Waals surface area contributed by atoms with Crippen LogP contribution < -0.4 is 10.5 Å². The number of aryl methyl sites for hydroxylation is 1. The third kappa shape index (κ3) is 3.46. The van der Waals surface area contributed by atoms with Crippen molar-refractivity contribution in [1.82, 2.24) is 0 Å². The van der Waals surface area contributed by atoms with Gasteiger partial charge in [-0.1, -0.05) is 24.6 Å². The Hall–Kier alpha value is -1.79. The van der Waals surface area contributed by atoms with Crippen molar-refractivity contribution in [3.05, 3.63) is 52.8 Å². The molecule has 2 aromatic rings. The second-order valence-electron chi connectivity index (χ2n) is 4.44. The van der Waals surface area contributed by atoms with E-state index in [1.165, 1.54) is 24.3 Å². The molecule has 4 nitrogen and oxygen atoms in total. The van der Waals surface area contributed by atoms with Gasteiger partial charge >= 0.3 is 0 Å². The molecule has 0 saturated heterocycles. The lowest BCUT2D eigenvalue weighted by Crippen LogP contribution is -2.14. The Kier molecular flexibility index (Phi) is 4.39. The molecule has 0 atom stereocenters. The van der Waals surface area contributed by atoms with Gasteiger partial charge in [-0.3, -0.25) is 4.72 Å². The van der Waals surface area contributed by atoms with Crippen LogP contribution in [0.3, 0.4) is 0 Å². The molecule has 0 radical (unpaired) electrons. The van der Waals surface area contributed by atoms with Crippen molar-refractivity contribution in [2.75, 3.05) is 10.5 Å². The molecule has 0 amide bonds. The normalized spacial score (nSPS) is 11.4. The maximum Gasteiger partial charge on any atom is 0.262 e. The summed E-state index contributed by atoms with van der Waals surface area (Å²) in [5.41, 5.74) is 6.86. The van der Waals surface area contributed by atoms with Crippen LogP contribution in [0.5, 0.6) is 0 Å². The van der Waals surface area contributed by atoms with Crippen LogP contribution in [0.25, 0.3) is 0 Å². The van der Waals surface area contributed by atoms with Gasteiger partial charge in [0.2, 0.25) is 0 Å². The summed E-state index contributed by atoms with van der Waals surface area (Å²) in [6.07, 6.45) is 0.700. The number of benzene rings is 2. The number of hydrogen-bond acceptors (Lipinski definition) is 3. The minimum atomic E-state index is -3.91. The monoisotopic (exact) mass is 328 g/mol. The van der Waals surface area contributed by atoms with Crippen LogP contribution in [0.4, 0.5) is 15.8 Å². The van der Waals surface area contributed by atoms with Gasteiger partial charge < -0.3 is 5.73 Å². The fourth-order valence-corrected chi connectivity index (χ4v) is 3.10. The first-order chi connectivity index (χ1) is 9.83. The quantitative estimate of drug-likeness (QED) is 0.845. The van der Waals surface area contributed by atoms with Crippen LogP contribution >= 0.6 is 11.6 Å².